The van der Waals surface area contributed by atoms with Crippen LogP contribution in [-0.2, 0) is 14.3 Å². The topological polar surface area (TPSA) is 88.6 Å². The minimum absolute atomic E-state index is 0.144. The Bertz CT molecular complexity index is 668. The first-order valence-corrected chi connectivity index (χ1v) is 7.50. The zero-order valence-corrected chi connectivity index (χ0v) is 13.4. The lowest BCUT2D eigenvalue weighted by atomic mass is 9.84. The number of terminal acetylenes is 1. The summed E-state index contributed by atoms with van der Waals surface area (Å²) in [6.07, 6.45) is 9.02. The van der Waals surface area contributed by atoms with Gasteiger partial charge in [-0.3, -0.25) is 19.4 Å². The maximum absolute atomic E-state index is 12.3. The number of esters is 1. The maximum atomic E-state index is 12.3. The minimum atomic E-state index is -0.853. The van der Waals surface area contributed by atoms with Crippen molar-refractivity contribution in [2.75, 3.05) is 26.7 Å². The standard InChI is InChI=1S/C17H19N3O4/c1-3-6-17(16(23)24-2)7-10-20(12-17)14(21)11-19-15(22)13-4-8-18-9-5-13/h1,4-5,8-9H,6-7,10-12H2,2H3,(H,19,22). The van der Waals surface area contributed by atoms with E-state index in [-0.39, 0.29) is 31.3 Å². The van der Waals surface area contributed by atoms with Crippen molar-refractivity contribution in [3.63, 3.8) is 0 Å². The highest BCUT2D eigenvalue weighted by molar-refractivity contribution is 5.96. The van der Waals surface area contributed by atoms with Crippen LogP contribution >= 0.6 is 0 Å². The third kappa shape index (κ3) is 3.71. The molecule has 0 spiro atoms. The molecule has 0 aliphatic carbocycles. The molecule has 0 saturated carbocycles. The van der Waals surface area contributed by atoms with Gasteiger partial charge in [-0.2, -0.15) is 0 Å². The normalized spacial score (nSPS) is 19.4. The Kier molecular flexibility index (Phi) is 5.53. The molecule has 0 bridgehead atoms. The van der Waals surface area contributed by atoms with Crippen molar-refractivity contribution in [3.05, 3.63) is 30.1 Å². The summed E-state index contributed by atoms with van der Waals surface area (Å²) in [5, 5.41) is 2.56. The van der Waals surface area contributed by atoms with E-state index in [1.165, 1.54) is 24.4 Å². The second-order valence-electron chi connectivity index (χ2n) is 5.64. The Balaban J connectivity index is 1.93. The van der Waals surface area contributed by atoms with Crippen LogP contribution in [0, 0.1) is 17.8 Å². The van der Waals surface area contributed by atoms with Crippen LogP contribution in [0.4, 0.5) is 0 Å². The Labute approximate surface area is 140 Å². The number of nitrogens with one attached hydrogen (secondary N) is 1. The van der Waals surface area contributed by atoms with Crippen molar-refractivity contribution in [1.29, 1.82) is 0 Å². The van der Waals surface area contributed by atoms with Gasteiger partial charge in [-0.15, -0.1) is 12.3 Å². The first-order chi connectivity index (χ1) is 11.5. The van der Waals surface area contributed by atoms with Gasteiger partial charge in [-0.1, -0.05) is 0 Å². The van der Waals surface area contributed by atoms with E-state index < -0.39 is 11.4 Å². The first kappa shape index (κ1) is 17.5. The number of rotatable bonds is 5. The van der Waals surface area contributed by atoms with E-state index in [0.717, 1.165) is 0 Å². The predicted octanol–water partition coefficient (Wildman–Crippen LogP) is 0.226. The molecule has 1 unspecified atom stereocenters. The van der Waals surface area contributed by atoms with Gasteiger partial charge in [0.25, 0.3) is 5.91 Å². The summed E-state index contributed by atoms with van der Waals surface area (Å²) in [7, 11) is 1.31. The molecule has 7 nitrogen and oxygen atoms in total. The van der Waals surface area contributed by atoms with Gasteiger partial charge in [0, 0.05) is 37.5 Å². The number of hydrogen-bond donors (Lipinski definition) is 1. The zero-order valence-electron chi connectivity index (χ0n) is 13.4. The molecule has 1 atom stereocenters. The van der Waals surface area contributed by atoms with E-state index in [4.69, 9.17) is 11.2 Å². The first-order valence-electron chi connectivity index (χ1n) is 7.50. The number of methoxy groups -OCH3 is 1. The number of likely N-dealkylation sites (tertiary alicyclic amines) is 1. The number of carbonyl (C=O) groups is 3. The van der Waals surface area contributed by atoms with Crippen molar-refractivity contribution in [1.82, 2.24) is 15.2 Å². The number of pyridine rings is 1. The van der Waals surface area contributed by atoms with Gasteiger partial charge < -0.3 is 15.0 Å². The van der Waals surface area contributed by atoms with Crippen LogP contribution in [0.1, 0.15) is 23.2 Å². The lowest BCUT2D eigenvalue weighted by molar-refractivity contribution is -0.152. The number of nitrogens with zero attached hydrogens (tertiary/aromatic N) is 2. The molecule has 1 fully saturated rings. The van der Waals surface area contributed by atoms with Gasteiger partial charge in [-0.05, 0) is 18.6 Å². The fraction of sp³-hybridized carbons (Fsp3) is 0.412. The van der Waals surface area contributed by atoms with Crippen LogP contribution in [0.2, 0.25) is 0 Å². The molecule has 2 rings (SSSR count). The molecule has 1 N–H and O–H groups in total. The number of amides is 2. The highest BCUT2D eigenvalue weighted by atomic mass is 16.5. The summed E-state index contributed by atoms with van der Waals surface area (Å²) in [5.41, 5.74) is -0.427. The molecule has 2 amide bonds. The summed E-state index contributed by atoms with van der Waals surface area (Å²) >= 11 is 0. The number of aromatic nitrogens is 1. The zero-order chi connectivity index (χ0) is 17.6. The SMILES string of the molecule is C#CCC1(C(=O)OC)CCN(C(=O)CNC(=O)c2ccncc2)C1. The van der Waals surface area contributed by atoms with Crippen molar-refractivity contribution < 1.29 is 19.1 Å². The third-order valence-electron chi connectivity index (χ3n) is 4.11. The lowest BCUT2D eigenvalue weighted by Crippen LogP contribution is -2.42. The van der Waals surface area contributed by atoms with Crippen LogP contribution in [0.3, 0.4) is 0 Å². The summed E-state index contributed by atoms with van der Waals surface area (Å²) in [5.74, 6) is 1.46. The average Bonchev–Trinajstić information content (AvgIpc) is 3.05. The van der Waals surface area contributed by atoms with Gasteiger partial charge in [0.05, 0.1) is 19.1 Å². The highest BCUT2D eigenvalue weighted by Gasteiger charge is 2.46. The molecule has 7 heteroatoms. The minimum Gasteiger partial charge on any atom is -0.469 e. The molecule has 24 heavy (non-hydrogen) atoms. The number of carbonyl (C=O) groups excluding carboxylic acids is 3. The molecule has 0 aromatic carbocycles. The summed E-state index contributed by atoms with van der Waals surface area (Å²) < 4.78 is 4.83. The van der Waals surface area contributed by atoms with Gasteiger partial charge >= 0.3 is 5.97 Å². The lowest BCUT2D eigenvalue weighted by Gasteiger charge is -2.24. The fourth-order valence-electron chi connectivity index (χ4n) is 2.75. The van der Waals surface area contributed by atoms with Crippen LogP contribution < -0.4 is 5.32 Å². The van der Waals surface area contributed by atoms with Crippen molar-refractivity contribution in [3.8, 4) is 12.3 Å². The Morgan fingerprint density at radius 2 is 2.12 bits per heavy atom. The third-order valence-corrected chi connectivity index (χ3v) is 4.11. The van der Waals surface area contributed by atoms with Gasteiger partial charge in [-0.25, -0.2) is 0 Å². The van der Waals surface area contributed by atoms with Crippen LogP contribution in [0.5, 0.6) is 0 Å². The van der Waals surface area contributed by atoms with Crippen molar-refractivity contribution in [2.24, 2.45) is 5.41 Å². The van der Waals surface area contributed by atoms with Crippen molar-refractivity contribution >= 4 is 17.8 Å². The summed E-state index contributed by atoms with van der Waals surface area (Å²) in [4.78, 5) is 41.6. The predicted molar refractivity (Wildman–Crippen MR) is 85.7 cm³/mol. The Morgan fingerprint density at radius 1 is 1.42 bits per heavy atom. The second kappa shape index (κ2) is 7.59. The summed E-state index contributed by atoms with van der Waals surface area (Å²) in [6.45, 7) is 0.461. The fourth-order valence-corrected chi connectivity index (χ4v) is 2.75. The number of ether oxygens (including phenoxy) is 1. The van der Waals surface area contributed by atoms with E-state index in [2.05, 4.69) is 16.2 Å². The molecule has 1 aromatic rings. The quantitative estimate of drug-likeness (QED) is 0.617. The van der Waals surface area contributed by atoms with E-state index in [1.807, 2.05) is 0 Å². The van der Waals surface area contributed by atoms with E-state index >= 15 is 0 Å². The molecule has 1 aliphatic rings. The Hall–Kier alpha value is -2.88. The van der Waals surface area contributed by atoms with Crippen LogP contribution in [-0.4, -0.2) is 54.4 Å². The molecule has 0 radical (unpaired) electrons. The number of hydrogen-bond acceptors (Lipinski definition) is 5. The maximum Gasteiger partial charge on any atom is 0.314 e. The molecule has 1 saturated heterocycles. The molecule has 2 heterocycles. The van der Waals surface area contributed by atoms with Crippen LogP contribution in [0.15, 0.2) is 24.5 Å². The molecular formula is C17H19N3O4. The van der Waals surface area contributed by atoms with Crippen LogP contribution in [0.25, 0.3) is 0 Å². The van der Waals surface area contributed by atoms with Crippen molar-refractivity contribution in [2.45, 2.75) is 12.8 Å². The van der Waals surface area contributed by atoms with Gasteiger partial charge in [0.15, 0.2) is 0 Å². The van der Waals surface area contributed by atoms with E-state index in [9.17, 15) is 14.4 Å². The second-order valence-corrected chi connectivity index (χ2v) is 5.64. The van der Waals surface area contributed by atoms with E-state index in [1.54, 1.807) is 12.1 Å². The molecule has 126 valence electrons. The summed E-state index contributed by atoms with van der Waals surface area (Å²) in [6, 6.07) is 3.12. The largest absolute Gasteiger partial charge is 0.469 e. The van der Waals surface area contributed by atoms with Gasteiger partial charge in [0.2, 0.25) is 5.91 Å². The molecule has 1 aliphatic heterocycles. The van der Waals surface area contributed by atoms with Gasteiger partial charge in [0.1, 0.15) is 0 Å². The highest BCUT2D eigenvalue weighted by Crippen LogP contribution is 2.35. The Morgan fingerprint density at radius 3 is 2.75 bits per heavy atom. The van der Waals surface area contributed by atoms with E-state index in [0.29, 0.717) is 18.5 Å². The monoisotopic (exact) mass is 329 g/mol. The average molecular weight is 329 g/mol. The molecule has 1 aromatic heterocycles. The smallest absolute Gasteiger partial charge is 0.314 e. The molecular weight excluding hydrogens is 310 g/mol.